The number of ether oxygens (including phenoxy) is 2. The zero-order valence-corrected chi connectivity index (χ0v) is 29.3. The molecule has 3 atom stereocenters. The molecule has 0 heterocycles. The van der Waals surface area contributed by atoms with Crippen molar-refractivity contribution in [1.82, 2.24) is 15.5 Å². The Labute approximate surface area is 280 Å². The number of carbonyl (C=O) groups excluding carboxylic acids is 4. The summed E-state index contributed by atoms with van der Waals surface area (Å²) >= 11 is 0. The van der Waals surface area contributed by atoms with Crippen molar-refractivity contribution in [1.29, 1.82) is 0 Å². The number of hydrogen-bond acceptors (Lipinski definition) is 6. The second-order valence-electron chi connectivity index (χ2n) is 14.7. The minimum atomic E-state index is -1.09. The Morgan fingerprint density at radius 2 is 1.53 bits per heavy atom. The van der Waals surface area contributed by atoms with Crippen LogP contribution in [0.2, 0.25) is 0 Å². The van der Waals surface area contributed by atoms with Crippen LogP contribution in [0, 0.1) is 5.92 Å². The molecule has 3 amide bonds. The third-order valence-electron chi connectivity index (χ3n) is 7.70. The summed E-state index contributed by atoms with van der Waals surface area (Å²) in [7, 11) is 0. The van der Waals surface area contributed by atoms with Gasteiger partial charge in [-0.1, -0.05) is 75.0 Å². The summed E-state index contributed by atoms with van der Waals surface area (Å²) in [6.45, 7) is 18.4. The van der Waals surface area contributed by atoms with Crippen molar-refractivity contribution >= 4 is 30.0 Å². The molecule has 0 aliphatic heterocycles. The van der Waals surface area contributed by atoms with Gasteiger partial charge < -0.3 is 25.0 Å². The van der Waals surface area contributed by atoms with Crippen LogP contribution >= 0.6 is 0 Å². The first-order chi connectivity index (χ1) is 22.0. The fourth-order valence-corrected chi connectivity index (χ4v) is 5.47. The van der Waals surface area contributed by atoms with E-state index in [0.717, 1.165) is 17.5 Å². The van der Waals surface area contributed by atoms with Crippen LogP contribution in [0.4, 0.5) is 4.79 Å². The van der Waals surface area contributed by atoms with Gasteiger partial charge in [0.25, 0.3) is 0 Å². The maximum Gasteiger partial charge on any atom is 0.408 e. The minimum absolute atomic E-state index is 0.0564. The lowest BCUT2D eigenvalue weighted by Gasteiger charge is -2.44. The lowest BCUT2D eigenvalue weighted by molar-refractivity contribution is -0.159. The van der Waals surface area contributed by atoms with E-state index in [9.17, 15) is 19.2 Å². The van der Waals surface area contributed by atoms with E-state index in [2.05, 4.69) is 17.2 Å². The molecule has 0 aromatic heterocycles. The molecule has 2 aromatic carbocycles. The molecule has 3 unspecified atom stereocenters. The molecule has 0 spiro atoms. The van der Waals surface area contributed by atoms with Crippen molar-refractivity contribution in [2.24, 2.45) is 5.92 Å². The van der Waals surface area contributed by atoms with E-state index in [-0.39, 0.29) is 24.3 Å². The molecule has 0 saturated heterocycles. The summed E-state index contributed by atoms with van der Waals surface area (Å²) in [4.78, 5) is 57.4. The Bertz CT molecular complexity index is 1390. The summed E-state index contributed by atoms with van der Waals surface area (Å²) < 4.78 is 11.3. The zero-order valence-electron chi connectivity index (χ0n) is 29.3. The molecule has 1 aliphatic carbocycles. The number of alkyl carbamates (subject to hydrolysis) is 1. The van der Waals surface area contributed by atoms with E-state index in [1.165, 1.54) is 0 Å². The predicted molar refractivity (Wildman–Crippen MR) is 184 cm³/mol. The van der Waals surface area contributed by atoms with Crippen LogP contribution in [-0.4, -0.2) is 58.1 Å². The van der Waals surface area contributed by atoms with Crippen molar-refractivity contribution in [3.05, 3.63) is 77.9 Å². The van der Waals surface area contributed by atoms with E-state index in [0.29, 0.717) is 24.8 Å². The van der Waals surface area contributed by atoms with Crippen molar-refractivity contribution in [3.8, 4) is 0 Å². The monoisotopic (exact) mass is 647 g/mol. The number of hydrogen-bond donors (Lipinski definition) is 2. The van der Waals surface area contributed by atoms with Crippen molar-refractivity contribution in [2.45, 2.75) is 123 Å². The first-order valence-corrected chi connectivity index (χ1v) is 16.6. The summed E-state index contributed by atoms with van der Waals surface area (Å²) in [5.41, 5.74) is 0.661. The van der Waals surface area contributed by atoms with E-state index in [1.807, 2.05) is 62.4 Å². The van der Waals surface area contributed by atoms with Gasteiger partial charge in [0.15, 0.2) is 0 Å². The van der Waals surface area contributed by atoms with Gasteiger partial charge in [-0.25, -0.2) is 9.59 Å². The van der Waals surface area contributed by atoms with Crippen molar-refractivity contribution in [3.63, 3.8) is 0 Å². The molecule has 47 heavy (non-hydrogen) atoms. The van der Waals surface area contributed by atoms with E-state index >= 15 is 0 Å². The molecule has 3 rings (SSSR count). The van der Waals surface area contributed by atoms with Gasteiger partial charge in [0.2, 0.25) is 11.8 Å². The summed E-state index contributed by atoms with van der Waals surface area (Å²) in [6, 6.07) is 13.4. The maximum atomic E-state index is 14.7. The molecule has 9 heteroatoms. The van der Waals surface area contributed by atoms with Gasteiger partial charge in [0.05, 0.1) is 0 Å². The zero-order chi connectivity index (χ0) is 34.9. The van der Waals surface area contributed by atoms with Gasteiger partial charge >= 0.3 is 12.1 Å². The van der Waals surface area contributed by atoms with Gasteiger partial charge in [0.1, 0.15) is 29.3 Å². The van der Waals surface area contributed by atoms with E-state index in [1.54, 1.807) is 58.6 Å². The molecule has 2 N–H and O–H groups in total. The van der Waals surface area contributed by atoms with Crippen LogP contribution in [0.3, 0.4) is 0 Å². The summed E-state index contributed by atoms with van der Waals surface area (Å²) in [5.74, 6) is -1.41. The van der Waals surface area contributed by atoms with Gasteiger partial charge in [-0.2, -0.15) is 0 Å². The number of benzene rings is 2. The standard InChI is InChI=1S/C38H53N3O6/c1-10-26-18-14-19-28(23-26)32(33(42)39-31(35(44)46-37(4,5)6)24-27-16-12-11-13-17-27)41(29-20-15-21-29)34(43)30(22-25(2)3)40-36(45)47-38(7,8)9/h10-14,16-19,23,25,29-32H,1,15,20-22,24H2,2-9H3,(H,39,42)(H,40,45). The van der Waals surface area contributed by atoms with Crippen LogP contribution in [0.5, 0.6) is 0 Å². The molecule has 0 radical (unpaired) electrons. The third-order valence-corrected chi connectivity index (χ3v) is 7.70. The fourth-order valence-electron chi connectivity index (χ4n) is 5.47. The van der Waals surface area contributed by atoms with Crippen LogP contribution in [0.15, 0.2) is 61.2 Å². The minimum Gasteiger partial charge on any atom is -0.458 e. The first-order valence-electron chi connectivity index (χ1n) is 16.6. The Kier molecular flexibility index (Phi) is 12.8. The van der Waals surface area contributed by atoms with Crippen LogP contribution in [0.25, 0.3) is 6.08 Å². The quantitative estimate of drug-likeness (QED) is 0.232. The van der Waals surface area contributed by atoms with Gasteiger partial charge in [-0.05, 0) is 95.9 Å². The first kappa shape index (κ1) is 37.3. The Hall–Kier alpha value is -4.14. The Morgan fingerprint density at radius 1 is 0.894 bits per heavy atom. The molecular formula is C38H53N3O6. The average molecular weight is 648 g/mol. The highest BCUT2D eigenvalue weighted by Gasteiger charge is 2.43. The molecule has 1 fully saturated rings. The van der Waals surface area contributed by atoms with E-state index < -0.39 is 47.3 Å². The summed E-state index contributed by atoms with van der Waals surface area (Å²) in [5, 5.41) is 5.77. The van der Waals surface area contributed by atoms with Gasteiger partial charge in [-0.3, -0.25) is 9.59 Å². The second kappa shape index (κ2) is 16.1. The average Bonchev–Trinajstić information content (AvgIpc) is 2.93. The second-order valence-corrected chi connectivity index (χ2v) is 14.7. The topological polar surface area (TPSA) is 114 Å². The highest BCUT2D eigenvalue weighted by Crippen LogP contribution is 2.35. The smallest absolute Gasteiger partial charge is 0.408 e. The highest BCUT2D eigenvalue weighted by atomic mass is 16.6. The van der Waals surface area contributed by atoms with Gasteiger partial charge in [-0.15, -0.1) is 0 Å². The summed E-state index contributed by atoms with van der Waals surface area (Å²) in [6.07, 6.45) is 3.84. The third kappa shape index (κ3) is 11.6. The van der Waals surface area contributed by atoms with Gasteiger partial charge in [0, 0.05) is 12.5 Å². The highest BCUT2D eigenvalue weighted by molar-refractivity contribution is 5.94. The molecule has 1 saturated carbocycles. The number of amides is 3. The fraction of sp³-hybridized carbons (Fsp3) is 0.526. The van der Waals surface area contributed by atoms with Crippen LogP contribution in [0.1, 0.15) is 104 Å². The van der Waals surface area contributed by atoms with Crippen molar-refractivity contribution < 1.29 is 28.7 Å². The SMILES string of the molecule is C=Cc1cccc(C(C(=O)NC(Cc2ccccc2)C(=O)OC(C)(C)C)N(C(=O)C(CC(C)C)NC(=O)OC(C)(C)C)C2CCC2)c1. The lowest BCUT2D eigenvalue weighted by atomic mass is 9.87. The number of esters is 1. The molecule has 2 aromatic rings. The molecule has 9 nitrogen and oxygen atoms in total. The van der Waals surface area contributed by atoms with E-state index in [4.69, 9.17) is 9.47 Å². The number of nitrogens with one attached hydrogen (secondary N) is 2. The maximum absolute atomic E-state index is 14.7. The Morgan fingerprint density at radius 3 is 2.06 bits per heavy atom. The number of carbonyl (C=O) groups is 4. The molecule has 1 aliphatic rings. The van der Waals surface area contributed by atoms with Crippen molar-refractivity contribution in [2.75, 3.05) is 0 Å². The number of rotatable bonds is 13. The largest absolute Gasteiger partial charge is 0.458 e. The molecule has 256 valence electrons. The Balaban J connectivity index is 2.09. The van der Waals surface area contributed by atoms with Crippen LogP contribution in [-0.2, 0) is 30.3 Å². The number of nitrogens with zero attached hydrogens (tertiary/aromatic N) is 1. The lowest BCUT2D eigenvalue weighted by Crippen LogP contribution is -2.59. The van der Waals surface area contributed by atoms with Crippen LogP contribution < -0.4 is 10.6 Å². The molecular weight excluding hydrogens is 594 g/mol. The normalized spacial score (nSPS) is 15.4. The predicted octanol–water partition coefficient (Wildman–Crippen LogP) is 6.76. The molecule has 0 bridgehead atoms.